The Labute approximate surface area is 232 Å². The maximum atomic E-state index is 13.2. The molecule has 0 saturated carbocycles. The van der Waals surface area contributed by atoms with Crippen LogP contribution in [0.15, 0.2) is 64.6 Å². The SMILES string of the molecule is CCOc1cc(/C=C2\C(=O)NC(=O)N(c3ccc(C)c(Cl)c3)C2=O)cc(Cl)c1OCc1ccccc1Br. The smallest absolute Gasteiger partial charge is 0.335 e. The van der Waals surface area contributed by atoms with Crippen LogP contribution in [-0.4, -0.2) is 24.5 Å². The molecule has 37 heavy (non-hydrogen) atoms. The number of amides is 4. The van der Waals surface area contributed by atoms with Crippen LogP contribution in [0.5, 0.6) is 11.5 Å². The lowest BCUT2D eigenvalue weighted by molar-refractivity contribution is -0.122. The minimum Gasteiger partial charge on any atom is -0.490 e. The number of imide groups is 2. The molecular formula is C27H21BrCl2N2O5. The van der Waals surface area contributed by atoms with Crippen molar-refractivity contribution in [3.8, 4) is 11.5 Å². The molecule has 1 saturated heterocycles. The van der Waals surface area contributed by atoms with Crippen molar-refractivity contribution >= 4 is 68.7 Å². The first kappa shape index (κ1) is 26.7. The molecule has 10 heteroatoms. The number of nitrogens with zero attached hydrogens (tertiary/aromatic N) is 1. The van der Waals surface area contributed by atoms with E-state index in [0.717, 1.165) is 20.5 Å². The van der Waals surface area contributed by atoms with Crippen molar-refractivity contribution in [1.82, 2.24) is 5.32 Å². The van der Waals surface area contributed by atoms with Crippen LogP contribution in [0.25, 0.3) is 6.08 Å². The molecule has 0 bridgehead atoms. The van der Waals surface area contributed by atoms with Gasteiger partial charge in [0.1, 0.15) is 12.2 Å². The summed E-state index contributed by atoms with van der Waals surface area (Å²) in [4.78, 5) is 39.2. The van der Waals surface area contributed by atoms with Crippen LogP contribution in [0.3, 0.4) is 0 Å². The van der Waals surface area contributed by atoms with Crippen molar-refractivity contribution in [1.29, 1.82) is 0 Å². The van der Waals surface area contributed by atoms with Crippen LogP contribution in [0.4, 0.5) is 10.5 Å². The number of hydrogen-bond acceptors (Lipinski definition) is 5. The van der Waals surface area contributed by atoms with E-state index in [1.807, 2.05) is 31.2 Å². The number of carbonyl (C=O) groups is 3. The van der Waals surface area contributed by atoms with Gasteiger partial charge in [0.25, 0.3) is 11.8 Å². The van der Waals surface area contributed by atoms with Crippen LogP contribution < -0.4 is 19.7 Å². The summed E-state index contributed by atoms with van der Waals surface area (Å²) < 4.78 is 12.6. The molecule has 4 amide bonds. The summed E-state index contributed by atoms with van der Waals surface area (Å²) in [5.41, 5.74) is 2.09. The van der Waals surface area contributed by atoms with E-state index in [2.05, 4.69) is 21.2 Å². The number of anilines is 1. The van der Waals surface area contributed by atoms with Gasteiger partial charge in [0.2, 0.25) is 0 Å². The lowest BCUT2D eigenvalue weighted by atomic mass is 10.1. The topological polar surface area (TPSA) is 84.9 Å². The van der Waals surface area contributed by atoms with Gasteiger partial charge in [-0.3, -0.25) is 14.9 Å². The van der Waals surface area contributed by atoms with Crippen molar-refractivity contribution in [2.24, 2.45) is 0 Å². The minimum atomic E-state index is -0.865. The average Bonchev–Trinajstić information content (AvgIpc) is 2.84. The third-order valence-corrected chi connectivity index (χ3v) is 6.95. The largest absolute Gasteiger partial charge is 0.490 e. The third-order valence-electron chi connectivity index (χ3n) is 5.49. The lowest BCUT2D eigenvalue weighted by Gasteiger charge is -2.26. The summed E-state index contributed by atoms with van der Waals surface area (Å²) in [7, 11) is 0. The molecule has 0 atom stereocenters. The van der Waals surface area contributed by atoms with E-state index >= 15 is 0 Å². The first-order valence-electron chi connectivity index (χ1n) is 11.2. The molecule has 1 heterocycles. The van der Waals surface area contributed by atoms with Gasteiger partial charge in [0.05, 0.1) is 17.3 Å². The van der Waals surface area contributed by atoms with E-state index in [0.29, 0.717) is 28.7 Å². The molecule has 0 spiro atoms. The quantitative estimate of drug-likeness (QED) is 0.240. The monoisotopic (exact) mass is 602 g/mol. The molecule has 1 N–H and O–H groups in total. The fourth-order valence-electron chi connectivity index (χ4n) is 3.62. The Morgan fingerprint density at radius 1 is 1.00 bits per heavy atom. The van der Waals surface area contributed by atoms with E-state index in [1.165, 1.54) is 12.1 Å². The van der Waals surface area contributed by atoms with Crippen LogP contribution in [-0.2, 0) is 16.2 Å². The van der Waals surface area contributed by atoms with Crippen LogP contribution in [0.1, 0.15) is 23.6 Å². The average molecular weight is 604 g/mol. The zero-order valence-corrected chi connectivity index (χ0v) is 22.9. The number of barbiturate groups is 1. The summed E-state index contributed by atoms with van der Waals surface area (Å²) in [5.74, 6) is -0.951. The maximum absolute atomic E-state index is 13.2. The van der Waals surface area contributed by atoms with Gasteiger partial charge in [-0.25, -0.2) is 9.69 Å². The molecule has 0 radical (unpaired) electrons. The molecule has 0 unspecified atom stereocenters. The summed E-state index contributed by atoms with van der Waals surface area (Å²) in [6.07, 6.45) is 1.35. The van der Waals surface area contributed by atoms with Crippen LogP contribution in [0, 0.1) is 6.92 Å². The molecule has 3 aromatic carbocycles. The van der Waals surface area contributed by atoms with Crippen LogP contribution >= 0.6 is 39.1 Å². The molecule has 1 aliphatic rings. The first-order chi connectivity index (χ1) is 17.7. The number of nitrogens with one attached hydrogen (secondary N) is 1. The number of carbonyl (C=O) groups excluding carboxylic acids is 3. The molecule has 3 aromatic rings. The summed E-state index contributed by atoms with van der Waals surface area (Å²) in [6, 6.07) is 14.7. The predicted molar refractivity (Wildman–Crippen MR) is 146 cm³/mol. The van der Waals surface area contributed by atoms with Gasteiger partial charge in [-0.15, -0.1) is 0 Å². The van der Waals surface area contributed by atoms with Gasteiger partial charge < -0.3 is 9.47 Å². The van der Waals surface area contributed by atoms with Crippen molar-refractivity contribution in [3.05, 3.63) is 91.4 Å². The number of hydrogen-bond donors (Lipinski definition) is 1. The summed E-state index contributed by atoms with van der Waals surface area (Å²) >= 11 is 16.2. The van der Waals surface area contributed by atoms with Gasteiger partial charge in [0.15, 0.2) is 11.5 Å². The molecule has 0 aliphatic carbocycles. The Balaban J connectivity index is 1.67. The molecule has 0 aromatic heterocycles. The second kappa shape index (κ2) is 11.4. The Kier molecular flexibility index (Phi) is 8.22. The Bertz CT molecular complexity index is 1440. The highest BCUT2D eigenvalue weighted by molar-refractivity contribution is 9.10. The van der Waals surface area contributed by atoms with Crippen molar-refractivity contribution in [2.45, 2.75) is 20.5 Å². The molecule has 1 fully saturated rings. The highest BCUT2D eigenvalue weighted by Crippen LogP contribution is 2.38. The van der Waals surface area contributed by atoms with E-state index in [-0.39, 0.29) is 22.9 Å². The standard InChI is InChI=1S/C27H21BrCl2N2O5/c1-3-36-23-12-16(11-22(30)24(23)37-14-17-6-4-5-7-20(17)28)10-19-25(33)31-27(35)32(26(19)34)18-9-8-15(2)21(29)13-18/h4-13H,3,14H2,1-2H3,(H,31,33,35)/b19-10+. The first-order valence-corrected chi connectivity index (χ1v) is 12.7. The van der Waals surface area contributed by atoms with Crippen molar-refractivity contribution in [3.63, 3.8) is 0 Å². The van der Waals surface area contributed by atoms with Gasteiger partial charge >= 0.3 is 6.03 Å². The minimum absolute atomic E-state index is 0.228. The molecule has 4 rings (SSSR count). The number of rotatable bonds is 7. The second-order valence-electron chi connectivity index (χ2n) is 8.03. The van der Waals surface area contributed by atoms with E-state index in [9.17, 15) is 14.4 Å². The van der Waals surface area contributed by atoms with Gasteiger partial charge in [0, 0.05) is 15.1 Å². The van der Waals surface area contributed by atoms with Crippen molar-refractivity contribution < 1.29 is 23.9 Å². The Morgan fingerprint density at radius 2 is 1.76 bits per heavy atom. The number of urea groups is 1. The highest BCUT2D eigenvalue weighted by Gasteiger charge is 2.37. The molecule has 7 nitrogen and oxygen atoms in total. The zero-order valence-electron chi connectivity index (χ0n) is 19.8. The normalized spacial score (nSPS) is 14.7. The van der Waals surface area contributed by atoms with E-state index < -0.39 is 17.8 Å². The number of ether oxygens (including phenoxy) is 2. The summed E-state index contributed by atoms with van der Waals surface area (Å²) in [5, 5.41) is 2.80. The Morgan fingerprint density at radius 3 is 2.46 bits per heavy atom. The zero-order chi connectivity index (χ0) is 26.7. The number of benzene rings is 3. The van der Waals surface area contributed by atoms with E-state index in [4.69, 9.17) is 32.7 Å². The highest BCUT2D eigenvalue weighted by atomic mass is 79.9. The fraction of sp³-hybridized carbons (Fsp3) is 0.148. The van der Waals surface area contributed by atoms with E-state index in [1.54, 1.807) is 31.2 Å². The summed E-state index contributed by atoms with van der Waals surface area (Å²) in [6.45, 7) is 4.17. The van der Waals surface area contributed by atoms with Crippen molar-refractivity contribution in [2.75, 3.05) is 11.5 Å². The molecular weight excluding hydrogens is 583 g/mol. The van der Waals surface area contributed by atoms with Gasteiger partial charge in [-0.05, 0) is 61.4 Å². The lowest BCUT2D eigenvalue weighted by Crippen LogP contribution is -2.54. The van der Waals surface area contributed by atoms with Crippen LogP contribution in [0.2, 0.25) is 10.0 Å². The third kappa shape index (κ3) is 5.82. The number of halogens is 3. The predicted octanol–water partition coefficient (Wildman–Crippen LogP) is 6.71. The number of aryl methyl sites for hydroxylation is 1. The Hall–Kier alpha value is -3.33. The van der Waals surface area contributed by atoms with Gasteiger partial charge in [-0.2, -0.15) is 0 Å². The fourth-order valence-corrected chi connectivity index (χ4v) is 4.47. The molecule has 190 valence electrons. The maximum Gasteiger partial charge on any atom is 0.335 e. The molecule has 1 aliphatic heterocycles. The second-order valence-corrected chi connectivity index (χ2v) is 9.70. The van der Waals surface area contributed by atoms with Gasteiger partial charge in [-0.1, -0.05) is 63.4 Å².